The molecule has 0 aliphatic rings. The van der Waals surface area contributed by atoms with E-state index in [-0.39, 0.29) is 0 Å². The Kier molecular flexibility index (Phi) is 1.85. The molecule has 0 spiro atoms. The second kappa shape index (κ2) is 3.01. The van der Waals surface area contributed by atoms with Gasteiger partial charge in [-0.15, -0.1) is 0 Å². The van der Waals surface area contributed by atoms with Crippen molar-refractivity contribution in [1.82, 2.24) is 4.98 Å². The predicted octanol–water partition coefficient (Wildman–Crippen LogP) is 1.99. The normalized spacial score (nSPS) is 10.3. The summed E-state index contributed by atoms with van der Waals surface area (Å²) in [5.74, 6) is 1.42. The molecule has 0 amide bonds. The Morgan fingerprint density at radius 3 is 2.85 bits per heavy atom. The first-order valence-electron chi connectivity index (χ1n) is 3.96. The van der Waals surface area contributed by atoms with Crippen molar-refractivity contribution < 1.29 is 9.47 Å². The first-order chi connectivity index (χ1) is 6.36. The van der Waals surface area contributed by atoms with E-state index < -0.39 is 0 Å². The van der Waals surface area contributed by atoms with E-state index in [2.05, 4.69) is 11.1 Å². The minimum Gasteiger partial charge on any atom is -0.493 e. The highest BCUT2D eigenvalue weighted by Gasteiger charge is 2.08. The molecular formula is C10H10NO2. The Morgan fingerprint density at radius 1 is 1.31 bits per heavy atom. The largest absolute Gasteiger partial charge is 0.493 e. The van der Waals surface area contributed by atoms with Gasteiger partial charge in [0.15, 0.2) is 11.5 Å². The summed E-state index contributed by atoms with van der Waals surface area (Å²) in [6.07, 6.45) is 1.85. The molecule has 0 bridgehead atoms. The van der Waals surface area contributed by atoms with Crippen molar-refractivity contribution in [1.29, 1.82) is 0 Å². The van der Waals surface area contributed by atoms with Crippen LogP contribution in [-0.4, -0.2) is 19.2 Å². The van der Waals surface area contributed by atoms with Crippen molar-refractivity contribution in [2.75, 3.05) is 14.2 Å². The van der Waals surface area contributed by atoms with Crippen molar-refractivity contribution in [3.05, 3.63) is 24.4 Å². The van der Waals surface area contributed by atoms with Crippen LogP contribution < -0.4 is 9.47 Å². The van der Waals surface area contributed by atoms with E-state index in [0.29, 0.717) is 5.75 Å². The predicted molar refractivity (Wildman–Crippen MR) is 50.2 cm³/mol. The van der Waals surface area contributed by atoms with E-state index in [4.69, 9.17) is 9.47 Å². The SMILES string of the molecule is COc1c[c]c2cc[nH]c2c1OC. The Morgan fingerprint density at radius 2 is 2.15 bits per heavy atom. The average molecular weight is 176 g/mol. The van der Waals surface area contributed by atoms with Gasteiger partial charge in [-0.2, -0.15) is 0 Å². The number of aromatic nitrogens is 1. The number of benzene rings is 1. The van der Waals surface area contributed by atoms with Gasteiger partial charge < -0.3 is 14.5 Å². The second-order valence-corrected chi connectivity index (χ2v) is 2.66. The molecule has 3 heteroatoms. The number of aromatic amines is 1. The van der Waals surface area contributed by atoms with Gasteiger partial charge in [0.05, 0.1) is 19.7 Å². The van der Waals surface area contributed by atoms with Crippen LogP contribution in [0.3, 0.4) is 0 Å². The zero-order valence-electron chi connectivity index (χ0n) is 7.55. The Bertz CT molecular complexity index is 420. The van der Waals surface area contributed by atoms with Crippen LogP contribution >= 0.6 is 0 Å². The van der Waals surface area contributed by atoms with Crippen LogP contribution in [0.15, 0.2) is 18.3 Å². The number of rotatable bonds is 2. The fourth-order valence-electron chi connectivity index (χ4n) is 1.36. The highest BCUT2D eigenvalue weighted by atomic mass is 16.5. The van der Waals surface area contributed by atoms with E-state index in [1.54, 1.807) is 20.3 Å². The summed E-state index contributed by atoms with van der Waals surface area (Å²) in [6.45, 7) is 0. The zero-order chi connectivity index (χ0) is 9.26. The van der Waals surface area contributed by atoms with Crippen LogP contribution in [0.5, 0.6) is 11.5 Å². The number of hydrogen-bond donors (Lipinski definition) is 1. The van der Waals surface area contributed by atoms with Gasteiger partial charge in [0.2, 0.25) is 0 Å². The molecule has 0 aliphatic heterocycles. The quantitative estimate of drug-likeness (QED) is 0.759. The first-order valence-corrected chi connectivity index (χ1v) is 3.96. The molecule has 0 atom stereocenters. The summed E-state index contributed by atoms with van der Waals surface area (Å²) >= 11 is 0. The third-order valence-electron chi connectivity index (χ3n) is 1.98. The molecule has 0 saturated heterocycles. The molecule has 13 heavy (non-hydrogen) atoms. The first kappa shape index (κ1) is 7.98. The fourth-order valence-corrected chi connectivity index (χ4v) is 1.36. The smallest absolute Gasteiger partial charge is 0.184 e. The van der Waals surface area contributed by atoms with E-state index >= 15 is 0 Å². The van der Waals surface area contributed by atoms with Crippen molar-refractivity contribution in [3.8, 4) is 11.5 Å². The van der Waals surface area contributed by atoms with Crippen LogP contribution in [0.1, 0.15) is 0 Å². The molecule has 0 unspecified atom stereocenters. The number of ether oxygens (including phenoxy) is 2. The highest BCUT2D eigenvalue weighted by molar-refractivity contribution is 5.87. The number of H-pyrrole nitrogens is 1. The molecule has 67 valence electrons. The molecule has 1 N–H and O–H groups in total. The average Bonchev–Trinajstić information content (AvgIpc) is 2.63. The Balaban J connectivity index is 2.74. The van der Waals surface area contributed by atoms with Crippen molar-refractivity contribution >= 4 is 10.9 Å². The summed E-state index contributed by atoms with van der Waals surface area (Å²) in [7, 11) is 3.23. The maximum absolute atomic E-state index is 5.23. The zero-order valence-corrected chi connectivity index (χ0v) is 7.55. The number of nitrogens with one attached hydrogen (secondary N) is 1. The van der Waals surface area contributed by atoms with Crippen molar-refractivity contribution in [3.63, 3.8) is 0 Å². The van der Waals surface area contributed by atoms with Gasteiger partial charge in [0.25, 0.3) is 0 Å². The number of hydrogen-bond acceptors (Lipinski definition) is 2. The molecule has 3 nitrogen and oxygen atoms in total. The van der Waals surface area contributed by atoms with Crippen LogP contribution in [0.4, 0.5) is 0 Å². The molecule has 1 aromatic carbocycles. The maximum Gasteiger partial charge on any atom is 0.184 e. The third-order valence-corrected chi connectivity index (χ3v) is 1.98. The fraction of sp³-hybridized carbons (Fsp3) is 0.200. The van der Waals surface area contributed by atoms with Gasteiger partial charge in [-0.25, -0.2) is 0 Å². The molecule has 2 rings (SSSR count). The van der Waals surface area contributed by atoms with E-state index in [0.717, 1.165) is 16.7 Å². The molecule has 1 heterocycles. The molecule has 0 fully saturated rings. The van der Waals surface area contributed by atoms with E-state index in [1.807, 2.05) is 12.3 Å². The van der Waals surface area contributed by atoms with E-state index in [9.17, 15) is 0 Å². The Labute approximate surface area is 76.3 Å². The van der Waals surface area contributed by atoms with Crippen molar-refractivity contribution in [2.24, 2.45) is 0 Å². The lowest BCUT2D eigenvalue weighted by Crippen LogP contribution is -1.90. The summed E-state index contributed by atoms with van der Waals surface area (Å²) in [5.41, 5.74) is 0.918. The number of methoxy groups -OCH3 is 2. The van der Waals surface area contributed by atoms with Gasteiger partial charge in [0, 0.05) is 11.6 Å². The van der Waals surface area contributed by atoms with Crippen LogP contribution in [0.25, 0.3) is 10.9 Å². The third kappa shape index (κ3) is 1.13. The lowest BCUT2D eigenvalue weighted by atomic mass is 10.2. The topological polar surface area (TPSA) is 34.2 Å². The molecule has 1 aromatic heterocycles. The molecule has 0 aliphatic carbocycles. The second-order valence-electron chi connectivity index (χ2n) is 2.66. The highest BCUT2D eigenvalue weighted by Crippen LogP contribution is 2.33. The monoisotopic (exact) mass is 176 g/mol. The minimum absolute atomic E-state index is 0.692. The Hall–Kier alpha value is -1.64. The van der Waals surface area contributed by atoms with Crippen molar-refractivity contribution in [2.45, 2.75) is 0 Å². The van der Waals surface area contributed by atoms with Gasteiger partial charge in [-0.1, -0.05) is 0 Å². The summed E-state index contributed by atoms with van der Waals surface area (Å²) in [6, 6.07) is 6.80. The van der Waals surface area contributed by atoms with E-state index in [1.165, 1.54) is 0 Å². The van der Waals surface area contributed by atoms with Gasteiger partial charge in [-0.3, -0.25) is 0 Å². The standard InChI is InChI=1S/C10H10NO2/c1-12-8-4-3-7-5-6-11-9(7)10(8)13-2/h4-6,11H,1-2H3. The molecule has 1 radical (unpaired) electrons. The lowest BCUT2D eigenvalue weighted by molar-refractivity contribution is 0.358. The summed E-state index contributed by atoms with van der Waals surface area (Å²) < 4.78 is 10.4. The number of fused-ring (bicyclic) bond motifs is 1. The van der Waals surface area contributed by atoms with Crippen LogP contribution in [-0.2, 0) is 0 Å². The summed E-state index contributed by atoms with van der Waals surface area (Å²) in [5, 5.41) is 0.998. The maximum atomic E-state index is 5.23. The van der Waals surface area contributed by atoms with Gasteiger partial charge >= 0.3 is 0 Å². The molecular weight excluding hydrogens is 166 g/mol. The molecule has 2 aromatic rings. The van der Waals surface area contributed by atoms with Gasteiger partial charge in [0.1, 0.15) is 0 Å². The summed E-state index contributed by atoms with van der Waals surface area (Å²) in [4.78, 5) is 3.08. The minimum atomic E-state index is 0.692. The van der Waals surface area contributed by atoms with Gasteiger partial charge in [-0.05, 0) is 18.2 Å². The van der Waals surface area contributed by atoms with Crippen LogP contribution in [0.2, 0.25) is 0 Å². The van der Waals surface area contributed by atoms with Crippen LogP contribution in [0, 0.1) is 6.07 Å². The molecule has 0 saturated carbocycles. The lowest BCUT2D eigenvalue weighted by Gasteiger charge is -2.07.